The van der Waals surface area contributed by atoms with E-state index < -0.39 is 0 Å². The van der Waals surface area contributed by atoms with E-state index in [1.54, 1.807) is 11.8 Å². The number of nitrogens with zero attached hydrogens (tertiary/aromatic N) is 2. The first-order valence-corrected chi connectivity index (χ1v) is 3.70. The molecule has 0 radical (unpaired) electrons. The van der Waals surface area contributed by atoms with E-state index in [-0.39, 0.29) is 0 Å². The van der Waals surface area contributed by atoms with Crippen LogP contribution in [0.4, 0.5) is 0 Å². The van der Waals surface area contributed by atoms with Crippen LogP contribution in [0.3, 0.4) is 0 Å². The van der Waals surface area contributed by atoms with Gasteiger partial charge in [-0.25, -0.2) is 0 Å². The summed E-state index contributed by atoms with van der Waals surface area (Å²) in [4.78, 5) is 0. The van der Waals surface area contributed by atoms with E-state index in [2.05, 4.69) is 21.0 Å². The highest BCUT2D eigenvalue weighted by Gasteiger charge is 1.99. The third-order valence-corrected chi connectivity index (χ3v) is 1.91. The van der Waals surface area contributed by atoms with Crippen molar-refractivity contribution in [2.45, 2.75) is 6.61 Å². The van der Waals surface area contributed by atoms with Crippen molar-refractivity contribution in [3.05, 3.63) is 16.4 Å². The summed E-state index contributed by atoms with van der Waals surface area (Å²) in [5.74, 6) is 0. The minimum Gasteiger partial charge on any atom is -0.378 e. The summed E-state index contributed by atoms with van der Waals surface area (Å²) in [6, 6.07) is 1.93. The van der Waals surface area contributed by atoms with Gasteiger partial charge < -0.3 is 4.74 Å². The molecule has 0 amide bonds. The number of rotatable bonds is 2. The Balaban J connectivity index is 2.77. The fourth-order valence-corrected chi connectivity index (χ4v) is 1.06. The minimum absolute atomic E-state index is 0.569. The zero-order valence-corrected chi connectivity index (χ0v) is 7.55. The molecule has 0 aliphatic rings. The molecule has 0 aliphatic carbocycles. The molecule has 1 heterocycles. The smallest absolute Gasteiger partial charge is 0.104 e. The van der Waals surface area contributed by atoms with Gasteiger partial charge in [0.1, 0.15) is 4.60 Å². The third kappa shape index (κ3) is 1.58. The lowest BCUT2D eigenvalue weighted by Gasteiger charge is -1.90. The van der Waals surface area contributed by atoms with Gasteiger partial charge in [-0.2, -0.15) is 5.10 Å². The van der Waals surface area contributed by atoms with Gasteiger partial charge in [-0.3, -0.25) is 4.68 Å². The molecule has 0 atom stereocenters. The van der Waals surface area contributed by atoms with Crippen molar-refractivity contribution in [2.24, 2.45) is 7.05 Å². The molecule has 0 bridgehead atoms. The monoisotopic (exact) mass is 204 g/mol. The molecule has 10 heavy (non-hydrogen) atoms. The summed E-state index contributed by atoms with van der Waals surface area (Å²) in [5, 5.41) is 4.14. The molecule has 0 saturated carbocycles. The molecular weight excluding hydrogens is 196 g/mol. The van der Waals surface area contributed by atoms with Gasteiger partial charge in [-0.15, -0.1) is 0 Å². The van der Waals surface area contributed by atoms with Gasteiger partial charge in [-0.05, 0) is 22.0 Å². The second-order valence-corrected chi connectivity index (χ2v) is 2.83. The first kappa shape index (κ1) is 7.75. The average Bonchev–Trinajstić information content (AvgIpc) is 2.14. The van der Waals surface area contributed by atoms with Gasteiger partial charge in [0.15, 0.2) is 0 Å². The second kappa shape index (κ2) is 3.16. The van der Waals surface area contributed by atoms with Crippen molar-refractivity contribution in [1.82, 2.24) is 9.78 Å². The average molecular weight is 205 g/mol. The summed E-state index contributed by atoms with van der Waals surface area (Å²) in [5.41, 5.74) is 0.942. The van der Waals surface area contributed by atoms with Crippen molar-refractivity contribution in [2.75, 3.05) is 7.11 Å². The van der Waals surface area contributed by atoms with Crippen LogP contribution in [0.2, 0.25) is 0 Å². The number of aromatic nitrogens is 2. The van der Waals surface area contributed by atoms with Crippen LogP contribution < -0.4 is 0 Å². The summed E-state index contributed by atoms with van der Waals surface area (Å²) in [6.45, 7) is 0.569. The topological polar surface area (TPSA) is 27.1 Å². The van der Waals surface area contributed by atoms with E-state index in [0.717, 1.165) is 10.3 Å². The van der Waals surface area contributed by atoms with Crippen LogP contribution in [0.15, 0.2) is 10.7 Å². The Hall–Kier alpha value is -0.350. The number of aryl methyl sites for hydroxylation is 1. The summed E-state index contributed by atoms with van der Waals surface area (Å²) in [7, 11) is 3.53. The Morgan fingerprint density at radius 1 is 1.80 bits per heavy atom. The quantitative estimate of drug-likeness (QED) is 0.728. The van der Waals surface area contributed by atoms with E-state index in [4.69, 9.17) is 4.74 Å². The Kier molecular flexibility index (Phi) is 2.45. The zero-order chi connectivity index (χ0) is 7.56. The second-order valence-electron chi connectivity index (χ2n) is 2.02. The van der Waals surface area contributed by atoms with Crippen LogP contribution in [0.5, 0.6) is 0 Å². The van der Waals surface area contributed by atoms with Crippen LogP contribution in [-0.4, -0.2) is 16.9 Å². The molecular formula is C6H9BrN2O. The molecule has 4 heteroatoms. The third-order valence-electron chi connectivity index (χ3n) is 1.17. The van der Waals surface area contributed by atoms with Crippen molar-refractivity contribution in [3.8, 4) is 0 Å². The van der Waals surface area contributed by atoms with E-state index >= 15 is 0 Å². The van der Waals surface area contributed by atoms with Crippen molar-refractivity contribution < 1.29 is 4.74 Å². The van der Waals surface area contributed by atoms with E-state index in [1.807, 2.05) is 13.1 Å². The highest BCUT2D eigenvalue weighted by Crippen LogP contribution is 2.10. The van der Waals surface area contributed by atoms with Crippen molar-refractivity contribution in [1.29, 1.82) is 0 Å². The number of halogens is 1. The molecule has 0 saturated heterocycles. The lowest BCUT2D eigenvalue weighted by atomic mass is 10.5. The molecule has 0 aliphatic heterocycles. The van der Waals surface area contributed by atoms with Gasteiger partial charge in [-0.1, -0.05) is 0 Å². The normalized spacial score (nSPS) is 10.3. The largest absolute Gasteiger partial charge is 0.378 e. The summed E-state index contributed by atoms with van der Waals surface area (Å²) >= 11 is 3.33. The van der Waals surface area contributed by atoms with Gasteiger partial charge in [0.05, 0.1) is 12.3 Å². The molecule has 0 unspecified atom stereocenters. The standard InChI is InChI=1S/C6H9BrN2O/c1-9-6(7)3-5(8-9)4-10-2/h3H,4H2,1-2H3. The fourth-order valence-electron chi connectivity index (χ4n) is 0.719. The van der Waals surface area contributed by atoms with Gasteiger partial charge in [0.25, 0.3) is 0 Å². The minimum atomic E-state index is 0.569. The number of hydrogen-bond donors (Lipinski definition) is 0. The van der Waals surface area contributed by atoms with Crippen LogP contribution in [0, 0.1) is 0 Å². The molecule has 0 aromatic carbocycles. The maximum atomic E-state index is 4.90. The van der Waals surface area contributed by atoms with Gasteiger partial charge in [0, 0.05) is 14.2 Å². The Bertz CT molecular complexity index is 202. The molecule has 56 valence electrons. The lowest BCUT2D eigenvalue weighted by molar-refractivity contribution is 0.181. The van der Waals surface area contributed by atoms with Crippen LogP contribution in [0.25, 0.3) is 0 Å². The number of methoxy groups -OCH3 is 1. The van der Waals surface area contributed by atoms with Gasteiger partial charge in [0.2, 0.25) is 0 Å². The highest BCUT2D eigenvalue weighted by atomic mass is 79.9. The zero-order valence-electron chi connectivity index (χ0n) is 5.97. The SMILES string of the molecule is COCc1cc(Br)n(C)n1. The summed E-state index contributed by atoms with van der Waals surface area (Å²) < 4.78 is 7.63. The van der Waals surface area contributed by atoms with Crippen LogP contribution in [-0.2, 0) is 18.4 Å². The fraction of sp³-hybridized carbons (Fsp3) is 0.500. The lowest BCUT2D eigenvalue weighted by Crippen LogP contribution is -1.93. The van der Waals surface area contributed by atoms with Crippen molar-refractivity contribution >= 4 is 15.9 Å². The van der Waals surface area contributed by atoms with Crippen LogP contribution >= 0.6 is 15.9 Å². The molecule has 3 nitrogen and oxygen atoms in total. The number of hydrogen-bond acceptors (Lipinski definition) is 2. The maximum absolute atomic E-state index is 4.90. The van der Waals surface area contributed by atoms with Crippen molar-refractivity contribution in [3.63, 3.8) is 0 Å². The first-order valence-electron chi connectivity index (χ1n) is 2.91. The highest BCUT2D eigenvalue weighted by molar-refractivity contribution is 9.10. The molecule has 1 aromatic heterocycles. The van der Waals surface area contributed by atoms with E-state index in [1.165, 1.54) is 0 Å². The Morgan fingerprint density at radius 3 is 2.90 bits per heavy atom. The van der Waals surface area contributed by atoms with Crippen LogP contribution in [0.1, 0.15) is 5.69 Å². The molecule has 0 N–H and O–H groups in total. The molecule has 1 aromatic rings. The molecule has 1 rings (SSSR count). The molecule has 0 spiro atoms. The Labute approximate surface area is 68.1 Å². The predicted octanol–water partition coefficient (Wildman–Crippen LogP) is 1.33. The molecule has 0 fully saturated rings. The Morgan fingerprint density at radius 2 is 2.50 bits per heavy atom. The van der Waals surface area contributed by atoms with E-state index in [0.29, 0.717) is 6.61 Å². The predicted molar refractivity (Wildman–Crippen MR) is 41.6 cm³/mol. The first-order chi connectivity index (χ1) is 4.74. The van der Waals surface area contributed by atoms with Gasteiger partial charge >= 0.3 is 0 Å². The van der Waals surface area contributed by atoms with E-state index in [9.17, 15) is 0 Å². The summed E-state index contributed by atoms with van der Waals surface area (Å²) in [6.07, 6.45) is 0. The number of ether oxygens (including phenoxy) is 1. The maximum Gasteiger partial charge on any atom is 0.104 e.